The molecule has 0 spiro atoms. The Morgan fingerprint density at radius 3 is 2.53 bits per heavy atom. The van der Waals surface area contributed by atoms with Crippen molar-refractivity contribution < 1.29 is 13.2 Å². The van der Waals surface area contributed by atoms with Crippen molar-refractivity contribution >= 4 is 15.7 Å². The SMILES string of the molecule is CC(N)CCCC(C)C(=O)N1CCCS(=O)(=O)CC1. The Hall–Kier alpha value is -0.620. The molecule has 1 fully saturated rings. The van der Waals surface area contributed by atoms with Crippen LogP contribution in [0, 0.1) is 5.92 Å². The first kappa shape index (κ1) is 16.4. The van der Waals surface area contributed by atoms with Gasteiger partial charge in [-0.3, -0.25) is 4.79 Å². The summed E-state index contributed by atoms with van der Waals surface area (Å²) in [5.74, 6) is 0.350. The van der Waals surface area contributed by atoms with Crippen LogP contribution in [0.3, 0.4) is 0 Å². The van der Waals surface area contributed by atoms with Gasteiger partial charge in [0.2, 0.25) is 5.91 Å². The van der Waals surface area contributed by atoms with E-state index in [1.165, 1.54) is 0 Å². The van der Waals surface area contributed by atoms with Gasteiger partial charge in [0.05, 0.1) is 11.5 Å². The van der Waals surface area contributed by atoms with E-state index in [0.717, 1.165) is 19.3 Å². The summed E-state index contributed by atoms with van der Waals surface area (Å²) >= 11 is 0. The molecule has 0 radical (unpaired) electrons. The lowest BCUT2D eigenvalue weighted by Crippen LogP contribution is -2.37. The van der Waals surface area contributed by atoms with Gasteiger partial charge in [0.15, 0.2) is 9.84 Å². The Morgan fingerprint density at radius 1 is 1.21 bits per heavy atom. The molecule has 2 unspecified atom stereocenters. The van der Waals surface area contributed by atoms with Crippen molar-refractivity contribution in [1.29, 1.82) is 0 Å². The predicted molar refractivity (Wildman–Crippen MR) is 76.5 cm³/mol. The van der Waals surface area contributed by atoms with Crippen molar-refractivity contribution in [2.45, 2.75) is 45.6 Å². The van der Waals surface area contributed by atoms with Crippen LogP contribution in [0.15, 0.2) is 0 Å². The zero-order valence-corrected chi connectivity index (χ0v) is 12.8. The van der Waals surface area contributed by atoms with Crippen LogP contribution in [0.2, 0.25) is 0 Å². The normalized spacial score (nSPS) is 22.6. The van der Waals surface area contributed by atoms with Crippen LogP contribution < -0.4 is 5.73 Å². The average molecular weight is 290 g/mol. The van der Waals surface area contributed by atoms with E-state index in [9.17, 15) is 13.2 Å². The number of rotatable bonds is 5. The highest BCUT2D eigenvalue weighted by atomic mass is 32.2. The molecule has 0 aliphatic carbocycles. The number of carbonyl (C=O) groups is 1. The zero-order chi connectivity index (χ0) is 14.5. The summed E-state index contributed by atoms with van der Waals surface area (Å²) in [7, 11) is -2.95. The van der Waals surface area contributed by atoms with Crippen LogP contribution in [-0.4, -0.2) is 49.9 Å². The molecular formula is C13H26N2O3S. The topological polar surface area (TPSA) is 80.5 Å². The highest BCUT2D eigenvalue weighted by molar-refractivity contribution is 7.91. The van der Waals surface area contributed by atoms with Crippen LogP contribution in [0.4, 0.5) is 0 Å². The molecule has 0 saturated carbocycles. The van der Waals surface area contributed by atoms with E-state index in [-0.39, 0.29) is 29.4 Å². The number of amides is 1. The Morgan fingerprint density at radius 2 is 1.89 bits per heavy atom. The van der Waals surface area contributed by atoms with Crippen LogP contribution in [-0.2, 0) is 14.6 Å². The molecule has 1 saturated heterocycles. The van der Waals surface area contributed by atoms with E-state index >= 15 is 0 Å². The Labute approximate surface area is 116 Å². The number of hydrogen-bond acceptors (Lipinski definition) is 4. The first-order valence-electron chi connectivity index (χ1n) is 7.06. The van der Waals surface area contributed by atoms with E-state index in [1.807, 2.05) is 13.8 Å². The lowest BCUT2D eigenvalue weighted by atomic mass is 10.0. The van der Waals surface area contributed by atoms with E-state index in [4.69, 9.17) is 5.73 Å². The second kappa shape index (κ2) is 7.24. The van der Waals surface area contributed by atoms with Crippen molar-refractivity contribution in [3.05, 3.63) is 0 Å². The second-order valence-electron chi connectivity index (χ2n) is 5.64. The number of hydrogen-bond donors (Lipinski definition) is 1. The maximum atomic E-state index is 12.2. The van der Waals surface area contributed by atoms with Gasteiger partial charge in [-0.15, -0.1) is 0 Å². The molecular weight excluding hydrogens is 264 g/mol. The fourth-order valence-corrected chi connectivity index (χ4v) is 3.61. The van der Waals surface area contributed by atoms with E-state index in [1.54, 1.807) is 4.90 Å². The fourth-order valence-electron chi connectivity index (χ4n) is 2.34. The third-order valence-electron chi connectivity index (χ3n) is 3.59. The largest absolute Gasteiger partial charge is 0.341 e. The molecule has 5 nitrogen and oxygen atoms in total. The quantitative estimate of drug-likeness (QED) is 0.811. The van der Waals surface area contributed by atoms with E-state index < -0.39 is 9.84 Å². The van der Waals surface area contributed by atoms with Gasteiger partial charge in [-0.2, -0.15) is 0 Å². The van der Waals surface area contributed by atoms with E-state index in [0.29, 0.717) is 19.5 Å². The van der Waals surface area contributed by atoms with Crippen LogP contribution in [0.25, 0.3) is 0 Å². The Bertz CT molecular complexity index is 393. The fraction of sp³-hybridized carbons (Fsp3) is 0.923. The minimum atomic E-state index is -2.95. The van der Waals surface area contributed by atoms with Gasteiger partial charge in [-0.25, -0.2) is 8.42 Å². The molecule has 1 aliphatic heterocycles. The van der Waals surface area contributed by atoms with Crippen LogP contribution in [0.1, 0.15) is 39.5 Å². The summed E-state index contributed by atoms with van der Waals surface area (Å²) in [5.41, 5.74) is 5.69. The monoisotopic (exact) mass is 290 g/mol. The minimum absolute atomic E-state index is 0.0421. The number of carbonyl (C=O) groups excluding carboxylic acids is 1. The lowest BCUT2D eigenvalue weighted by Gasteiger charge is -2.23. The van der Waals surface area contributed by atoms with Crippen LogP contribution >= 0.6 is 0 Å². The summed E-state index contributed by atoms with van der Waals surface area (Å²) < 4.78 is 23.0. The Kier molecular flexibility index (Phi) is 6.26. The molecule has 112 valence electrons. The second-order valence-corrected chi connectivity index (χ2v) is 7.94. The molecule has 0 aromatic heterocycles. The third-order valence-corrected chi connectivity index (χ3v) is 5.30. The molecule has 0 aromatic carbocycles. The predicted octanol–water partition coefficient (Wildman–Crippen LogP) is 0.787. The lowest BCUT2D eigenvalue weighted by molar-refractivity contribution is -0.134. The first-order chi connectivity index (χ1) is 8.82. The standard InChI is InChI=1S/C13H26N2O3S/c1-11(5-3-6-12(2)14)13(16)15-7-4-9-19(17,18)10-8-15/h11-12H,3-10,14H2,1-2H3. The summed E-state index contributed by atoms with van der Waals surface area (Å²) in [4.78, 5) is 13.9. The number of nitrogens with zero attached hydrogens (tertiary/aromatic N) is 1. The number of sulfone groups is 1. The van der Waals surface area contributed by atoms with Gasteiger partial charge in [0.1, 0.15) is 0 Å². The molecule has 2 N–H and O–H groups in total. The molecule has 0 bridgehead atoms. The van der Waals surface area contributed by atoms with Gasteiger partial charge in [0.25, 0.3) is 0 Å². The van der Waals surface area contributed by atoms with Gasteiger partial charge in [-0.1, -0.05) is 13.3 Å². The molecule has 2 atom stereocenters. The Balaban J connectivity index is 2.43. The van der Waals surface area contributed by atoms with Gasteiger partial charge in [0, 0.05) is 25.0 Å². The summed E-state index contributed by atoms with van der Waals surface area (Å²) in [5, 5.41) is 0. The van der Waals surface area contributed by atoms with Crippen molar-refractivity contribution in [2.75, 3.05) is 24.6 Å². The summed E-state index contributed by atoms with van der Waals surface area (Å²) in [6, 6.07) is 0.172. The first-order valence-corrected chi connectivity index (χ1v) is 8.89. The average Bonchev–Trinajstić information content (AvgIpc) is 2.48. The van der Waals surface area contributed by atoms with Gasteiger partial charge in [-0.05, 0) is 26.2 Å². The highest BCUT2D eigenvalue weighted by Gasteiger charge is 2.25. The van der Waals surface area contributed by atoms with Crippen LogP contribution in [0.5, 0.6) is 0 Å². The third kappa shape index (κ3) is 5.91. The molecule has 6 heteroatoms. The summed E-state index contributed by atoms with van der Waals surface area (Å²) in [6.45, 7) is 4.80. The summed E-state index contributed by atoms with van der Waals surface area (Å²) in [6.07, 6.45) is 3.24. The van der Waals surface area contributed by atoms with Gasteiger partial charge >= 0.3 is 0 Å². The maximum absolute atomic E-state index is 12.2. The smallest absolute Gasteiger partial charge is 0.225 e. The molecule has 1 rings (SSSR count). The van der Waals surface area contributed by atoms with Crippen molar-refractivity contribution in [3.63, 3.8) is 0 Å². The molecule has 1 aliphatic rings. The van der Waals surface area contributed by atoms with Gasteiger partial charge < -0.3 is 10.6 Å². The molecule has 0 aromatic rings. The number of nitrogens with two attached hydrogens (primary N) is 1. The minimum Gasteiger partial charge on any atom is -0.341 e. The van der Waals surface area contributed by atoms with E-state index in [2.05, 4.69) is 0 Å². The molecule has 1 amide bonds. The molecule has 19 heavy (non-hydrogen) atoms. The maximum Gasteiger partial charge on any atom is 0.225 e. The highest BCUT2D eigenvalue weighted by Crippen LogP contribution is 2.14. The molecule has 1 heterocycles. The van der Waals surface area contributed by atoms with Crippen molar-refractivity contribution in [2.24, 2.45) is 11.7 Å². The van der Waals surface area contributed by atoms with Crippen molar-refractivity contribution in [1.82, 2.24) is 4.90 Å². The zero-order valence-electron chi connectivity index (χ0n) is 12.0. The van der Waals surface area contributed by atoms with Crippen molar-refractivity contribution in [3.8, 4) is 0 Å².